The van der Waals surface area contributed by atoms with Crippen LogP contribution < -0.4 is 0 Å². The number of benzene rings is 2. The van der Waals surface area contributed by atoms with Gasteiger partial charge in [0.05, 0.1) is 0 Å². The lowest BCUT2D eigenvalue weighted by Crippen LogP contribution is -2.40. The predicted octanol–water partition coefficient (Wildman–Crippen LogP) is 5.82. The van der Waals surface area contributed by atoms with E-state index in [1.807, 2.05) is 0 Å². The van der Waals surface area contributed by atoms with E-state index in [0.717, 1.165) is 17.8 Å². The van der Waals surface area contributed by atoms with E-state index in [9.17, 15) is 0 Å². The summed E-state index contributed by atoms with van der Waals surface area (Å²) in [6.07, 6.45) is 7.00. The van der Waals surface area contributed by atoms with Gasteiger partial charge in [-0.25, -0.2) is 0 Å². The molecule has 0 amide bonds. The minimum absolute atomic E-state index is 0.230. The molecule has 0 aliphatic heterocycles. The zero-order valence-electron chi connectivity index (χ0n) is 13.5. The van der Waals surface area contributed by atoms with Gasteiger partial charge >= 0.3 is 0 Å². The molecule has 0 saturated heterocycles. The highest BCUT2D eigenvalue weighted by molar-refractivity contribution is 5.40. The largest absolute Gasteiger partial charge is 0.0622 e. The summed E-state index contributed by atoms with van der Waals surface area (Å²) in [6, 6.07) is 22.6. The molecule has 0 N–H and O–H groups in total. The molecule has 3 unspecified atom stereocenters. The van der Waals surface area contributed by atoms with Gasteiger partial charge in [-0.1, -0.05) is 80.4 Å². The average Bonchev–Trinajstić information content (AvgIpc) is 3.05. The number of rotatable bonds is 2. The second kappa shape index (κ2) is 5.57. The van der Waals surface area contributed by atoms with Crippen LogP contribution in [0.15, 0.2) is 60.7 Å². The van der Waals surface area contributed by atoms with Crippen LogP contribution in [0.2, 0.25) is 0 Å². The Labute approximate surface area is 134 Å². The summed E-state index contributed by atoms with van der Waals surface area (Å²) >= 11 is 0. The summed E-state index contributed by atoms with van der Waals surface area (Å²) in [6.45, 7) is 2.50. The minimum Gasteiger partial charge on any atom is -0.0622 e. The molecule has 0 radical (unpaired) electrons. The van der Waals surface area contributed by atoms with Crippen LogP contribution in [0, 0.1) is 17.8 Å². The minimum atomic E-state index is 0.230. The molecule has 22 heavy (non-hydrogen) atoms. The normalized spacial score (nSPS) is 30.0. The summed E-state index contributed by atoms with van der Waals surface area (Å²) in [5, 5.41) is 0. The molecule has 2 saturated carbocycles. The van der Waals surface area contributed by atoms with E-state index in [1.165, 1.54) is 43.2 Å². The fraction of sp³-hybridized carbons (Fsp3) is 0.455. The van der Waals surface area contributed by atoms with Crippen LogP contribution in [0.4, 0.5) is 0 Å². The summed E-state index contributed by atoms with van der Waals surface area (Å²) in [5.41, 5.74) is 3.28. The van der Waals surface area contributed by atoms with Crippen molar-refractivity contribution in [3.8, 4) is 0 Å². The summed E-state index contributed by atoms with van der Waals surface area (Å²) in [4.78, 5) is 0. The van der Waals surface area contributed by atoms with Gasteiger partial charge in [0, 0.05) is 5.41 Å². The Morgan fingerprint density at radius 3 is 1.95 bits per heavy atom. The van der Waals surface area contributed by atoms with Gasteiger partial charge in [-0.2, -0.15) is 0 Å². The highest BCUT2D eigenvalue weighted by Gasteiger charge is 2.47. The first-order valence-electron chi connectivity index (χ1n) is 8.91. The Kier molecular flexibility index (Phi) is 3.56. The Hall–Kier alpha value is -1.56. The fourth-order valence-electron chi connectivity index (χ4n) is 5.45. The second-order valence-electron chi connectivity index (χ2n) is 7.55. The van der Waals surface area contributed by atoms with Crippen LogP contribution in [0.1, 0.15) is 50.2 Å². The van der Waals surface area contributed by atoms with Crippen molar-refractivity contribution >= 4 is 0 Å². The van der Waals surface area contributed by atoms with E-state index in [4.69, 9.17) is 0 Å². The van der Waals surface area contributed by atoms with Gasteiger partial charge in [-0.3, -0.25) is 0 Å². The first-order valence-corrected chi connectivity index (χ1v) is 8.91. The topological polar surface area (TPSA) is 0 Å². The van der Waals surface area contributed by atoms with Gasteiger partial charge < -0.3 is 0 Å². The van der Waals surface area contributed by atoms with Gasteiger partial charge in [0.25, 0.3) is 0 Å². The van der Waals surface area contributed by atoms with Crippen molar-refractivity contribution in [2.75, 3.05) is 0 Å². The average molecular weight is 290 g/mol. The monoisotopic (exact) mass is 290 g/mol. The quantitative estimate of drug-likeness (QED) is 0.654. The number of fused-ring (bicyclic) bond motifs is 1. The van der Waals surface area contributed by atoms with Crippen LogP contribution in [-0.4, -0.2) is 0 Å². The van der Waals surface area contributed by atoms with Crippen LogP contribution in [0.3, 0.4) is 0 Å². The molecule has 2 aliphatic carbocycles. The van der Waals surface area contributed by atoms with E-state index < -0.39 is 0 Å². The van der Waals surface area contributed by atoms with Crippen molar-refractivity contribution in [2.45, 2.75) is 44.4 Å². The molecular formula is C22H26. The highest BCUT2D eigenvalue weighted by Crippen LogP contribution is 2.55. The molecule has 2 aromatic rings. The molecule has 0 heterocycles. The maximum atomic E-state index is 2.50. The van der Waals surface area contributed by atoms with E-state index >= 15 is 0 Å². The molecule has 114 valence electrons. The molecule has 2 aromatic carbocycles. The molecule has 4 rings (SSSR count). The lowest BCUT2D eigenvalue weighted by Gasteiger charge is -2.47. The molecule has 0 nitrogen and oxygen atoms in total. The Morgan fingerprint density at radius 2 is 1.36 bits per heavy atom. The summed E-state index contributed by atoms with van der Waals surface area (Å²) in [5.74, 6) is 2.73. The molecule has 0 aromatic heterocycles. The van der Waals surface area contributed by atoms with Crippen LogP contribution in [0.5, 0.6) is 0 Å². The molecule has 2 aliphatic rings. The van der Waals surface area contributed by atoms with Gasteiger partial charge in [0.1, 0.15) is 0 Å². The Bertz CT molecular complexity index is 574. The van der Waals surface area contributed by atoms with Crippen molar-refractivity contribution < 1.29 is 0 Å². The molecule has 0 bridgehead atoms. The third-order valence-corrected chi connectivity index (χ3v) is 6.38. The first-order chi connectivity index (χ1) is 10.8. The summed E-state index contributed by atoms with van der Waals surface area (Å²) < 4.78 is 0. The van der Waals surface area contributed by atoms with Crippen molar-refractivity contribution in [1.82, 2.24) is 0 Å². The smallest absolute Gasteiger partial charge is 0.0208 e. The van der Waals surface area contributed by atoms with E-state index in [1.54, 1.807) is 0 Å². The van der Waals surface area contributed by atoms with Crippen molar-refractivity contribution in [3.63, 3.8) is 0 Å². The zero-order chi connectivity index (χ0) is 15.0. The van der Waals surface area contributed by atoms with E-state index in [2.05, 4.69) is 67.6 Å². The molecule has 0 heteroatoms. The lowest BCUT2D eigenvalue weighted by molar-refractivity contribution is 0.135. The molecule has 3 atom stereocenters. The predicted molar refractivity (Wildman–Crippen MR) is 92.9 cm³/mol. The third kappa shape index (κ3) is 2.20. The Morgan fingerprint density at radius 1 is 0.773 bits per heavy atom. The maximum absolute atomic E-state index is 2.50. The van der Waals surface area contributed by atoms with Crippen molar-refractivity contribution in [1.29, 1.82) is 0 Å². The highest BCUT2D eigenvalue weighted by atomic mass is 14.5. The summed E-state index contributed by atoms with van der Waals surface area (Å²) in [7, 11) is 0. The zero-order valence-corrected chi connectivity index (χ0v) is 13.5. The van der Waals surface area contributed by atoms with E-state index in [0.29, 0.717) is 0 Å². The molecular weight excluding hydrogens is 264 g/mol. The van der Waals surface area contributed by atoms with Gasteiger partial charge in [-0.15, -0.1) is 0 Å². The molecule has 0 spiro atoms. The van der Waals surface area contributed by atoms with Gasteiger partial charge in [0.2, 0.25) is 0 Å². The van der Waals surface area contributed by atoms with Crippen molar-refractivity contribution in [3.05, 3.63) is 71.8 Å². The lowest BCUT2D eigenvalue weighted by atomic mass is 9.57. The standard InChI is InChI=1S/C22H26/c1-17-15-22(19-10-4-2-5-11-19,20-12-6-3-7-13-20)16-18-9-8-14-21(17)18/h2-7,10-13,17-18,21H,8-9,14-16H2,1H3. The van der Waals surface area contributed by atoms with Crippen molar-refractivity contribution in [2.24, 2.45) is 17.8 Å². The first kappa shape index (κ1) is 14.1. The third-order valence-electron chi connectivity index (χ3n) is 6.38. The molecule has 2 fully saturated rings. The van der Waals surface area contributed by atoms with Crippen LogP contribution in [0.25, 0.3) is 0 Å². The number of hydrogen-bond donors (Lipinski definition) is 0. The van der Waals surface area contributed by atoms with Crippen LogP contribution >= 0.6 is 0 Å². The number of hydrogen-bond acceptors (Lipinski definition) is 0. The van der Waals surface area contributed by atoms with Crippen LogP contribution in [-0.2, 0) is 5.41 Å². The second-order valence-corrected chi connectivity index (χ2v) is 7.55. The SMILES string of the molecule is CC1CC(c2ccccc2)(c2ccccc2)CC2CCCC12. The van der Waals surface area contributed by atoms with Gasteiger partial charge in [0.15, 0.2) is 0 Å². The maximum Gasteiger partial charge on any atom is 0.0208 e. The fourth-order valence-corrected chi connectivity index (χ4v) is 5.45. The Balaban J connectivity index is 1.83. The van der Waals surface area contributed by atoms with Gasteiger partial charge in [-0.05, 0) is 48.1 Å². The van der Waals surface area contributed by atoms with E-state index in [-0.39, 0.29) is 5.41 Å².